The summed E-state index contributed by atoms with van der Waals surface area (Å²) in [6.45, 7) is 6.63. The van der Waals surface area contributed by atoms with Crippen LogP contribution in [0.4, 0.5) is 0 Å². The van der Waals surface area contributed by atoms with Crippen molar-refractivity contribution < 1.29 is 9.59 Å². The molecule has 1 aromatic carbocycles. The first-order valence-electron chi connectivity index (χ1n) is 9.20. The molecule has 2 aliphatic heterocycles. The maximum atomic E-state index is 12.7. The van der Waals surface area contributed by atoms with Crippen molar-refractivity contribution in [2.45, 2.75) is 32.5 Å². The van der Waals surface area contributed by atoms with E-state index < -0.39 is 6.04 Å². The molecule has 2 aromatic rings. The maximum Gasteiger partial charge on any atom is 0.246 e. The number of aromatic nitrogens is 1. The third kappa shape index (κ3) is 2.94. The molecule has 0 saturated carbocycles. The number of nitrogens with zero attached hydrogens (tertiary/aromatic N) is 3. The lowest BCUT2D eigenvalue weighted by Gasteiger charge is -2.46. The summed E-state index contributed by atoms with van der Waals surface area (Å²) in [6, 6.07) is 9.38. The zero-order valence-electron chi connectivity index (χ0n) is 15.2. The molecule has 26 heavy (non-hydrogen) atoms. The van der Waals surface area contributed by atoms with E-state index >= 15 is 0 Å². The second-order valence-corrected chi connectivity index (χ2v) is 7.50. The lowest BCUT2D eigenvalue weighted by Crippen LogP contribution is -2.70. The van der Waals surface area contributed by atoms with Crippen LogP contribution in [0.5, 0.6) is 0 Å². The van der Waals surface area contributed by atoms with Crippen LogP contribution in [0.25, 0.3) is 10.9 Å². The molecule has 1 N–H and O–H groups in total. The Morgan fingerprint density at radius 1 is 1.19 bits per heavy atom. The molecule has 2 fully saturated rings. The van der Waals surface area contributed by atoms with Crippen LogP contribution < -0.4 is 5.32 Å². The number of hydrogen-bond donors (Lipinski definition) is 1. The highest BCUT2D eigenvalue weighted by molar-refractivity contribution is 5.97. The number of carbonyl (C=O) groups is 2. The van der Waals surface area contributed by atoms with Crippen LogP contribution in [-0.4, -0.2) is 58.3 Å². The molecule has 0 bridgehead atoms. The molecule has 1 aromatic heterocycles. The Morgan fingerprint density at radius 2 is 2.04 bits per heavy atom. The van der Waals surface area contributed by atoms with Crippen LogP contribution in [0.1, 0.15) is 19.4 Å². The van der Waals surface area contributed by atoms with E-state index in [9.17, 15) is 9.59 Å². The van der Waals surface area contributed by atoms with E-state index in [-0.39, 0.29) is 23.8 Å². The Kier molecular flexibility index (Phi) is 4.36. The van der Waals surface area contributed by atoms with Crippen molar-refractivity contribution in [3.8, 4) is 0 Å². The highest BCUT2D eigenvalue weighted by atomic mass is 16.2. The fourth-order valence-electron chi connectivity index (χ4n) is 3.96. The van der Waals surface area contributed by atoms with E-state index in [0.29, 0.717) is 13.1 Å². The molecule has 0 unspecified atom stereocenters. The van der Waals surface area contributed by atoms with Crippen LogP contribution in [-0.2, 0) is 16.1 Å². The van der Waals surface area contributed by atoms with Crippen molar-refractivity contribution in [1.29, 1.82) is 0 Å². The van der Waals surface area contributed by atoms with E-state index in [2.05, 4.69) is 27.3 Å². The average Bonchev–Trinajstić information content (AvgIpc) is 2.65. The van der Waals surface area contributed by atoms with E-state index in [0.717, 1.165) is 24.0 Å². The quantitative estimate of drug-likeness (QED) is 0.907. The molecule has 2 amide bonds. The van der Waals surface area contributed by atoms with Gasteiger partial charge in [-0.15, -0.1) is 0 Å². The number of benzene rings is 1. The number of hydrogen-bond acceptors (Lipinski definition) is 4. The SMILES string of the molecule is CC(C)[C@H]1NC(=O)[C@H]2CN(Cc3cccc4ncccc34)CCN2C1=O. The summed E-state index contributed by atoms with van der Waals surface area (Å²) in [4.78, 5) is 33.7. The molecular formula is C20H24N4O2. The zero-order valence-corrected chi connectivity index (χ0v) is 15.2. The first-order chi connectivity index (χ1) is 12.5. The van der Waals surface area contributed by atoms with Crippen molar-refractivity contribution in [3.05, 3.63) is 42.1 Å². The summed E-state index contributed by atoms with van der Waals surface area (Å²) in [6.07, 6.45) is 1.80. The Labute approximate surface area is 153 Å². The number of rotatable bonds is 3. The van der Waals surface area contributed by atoms with Gasteiger partial charge in [0.05, 0.1) is 5.52 Å². The minimum absolute atomic E-state index is 0.0346. The van der Waals surface area contributed by atoms with E-state index in [4.69, 9.17) is 0 Å². The molecule has 6 heteroatoms. The summed E-state index contributed by atoms with van der Waals surface area (Å²) in [5, 5.41) is 4.05. The molecule has 0 spiro atoms. The Hall–Kier alpha value is -2.47. The van der Waals surface area contributed by atoms with E-state index in [1.807, 2.05) is 32.0 Å². The third-order valence-corrected chi connectivity index (χ3v) is 5.41. The lowest BCUT2D eigenvalue weighted by molar-refractivity contribution is -0.154. The molecule has 2 atom stereocenters. The summed E-state index contributed by atoms with van der Waals surface area (Å²) < 4.78 is 0. The molecule has 136 valence electrons. The fourth-order valence-corrected chi connectivity index (χ4v) is 3.96. The van der Waals surface area contributed by atoms with Crippen LogP contribution in [0, 0.1) is 5.92 Å². The Morgan fingerprint density at radius 3 is 2.85 bits per heavy atom. The third-order valence-electron chi connectivity index (χ3n) is 5.41. The molecule has 3 heterocycles. The number of nitrogens with one attached hydrogen (secondary N) is 1. The predicted molar refractivity (Wildman–Crippen MR) is 99.3 cm³/mol. The average molecular weight is 352 g/mol. The maximum absolute atomic E-state index is 12.7. The predicted octanol–water partition coefficient (Wildman–Crippen LogP) is 1.40. The van der Waals surface area contributed by atoms with Gasteiger partial charge in [-0.1, -0.05) is 32.0 Å². The van der Waals surface area contributed by atoms with Gasteiger partial charge < -0.3 is 10.2 Å². The standard InChI is InChI=1S/C20H24N4O2/c1-13(2)18-20(26)24-10-9-23(12-17(24)19(25)22-18)11-14-5-3-7-16-15(14)6-4-8-21-16/h3-8,13,17-18H,9-12H2,1-2H3,(H,22,25)/t17-,18-/m1/s1. The normalized spacial score (nSPS) is 24.0. The first kappa shape index (κ1) is 17.0. The summed E-state index contributed by atoms with van der Waals surface area (Å²) in [7, 11) is 0. The van der Waals surface area contributed by atoms with Crippen LogP contribution in [0.3, 0.4) is 0 Å². The van der Waals surface area contributed by atoms with Gasteiger partial charge in [-0.2, -0.15) is 0 Å². The molecule has 2 saturated heterocycles. The van der Waals surface area contributed by atoms with Gasteiger partial charge in [0, 0.05) is 37.8 Å². The molecule has 0 radical (unpaired) electrons. The zero-order chi connectivity index (χ0) is 18.3. The number of amides is 2. The van der Waals surface area contributed by atoms with Crippen molar-refractivity contribution in [2.75, 3.05) is 19.6 Å². The lowest BCUT2D eigenvalue weighted by atomic mass is 9.96. The Balaban J connectivity index is 1.52. The van der Waals surface area contributed by atoms with Crippen molar-refractivity contribution in [3.63, 3.8) is 0 Å². The largest absolute Gasteiger partial charge is 0.342 e. The number of pyridine rings is 1. The molecular weight excluding hydrogens is 328 g/mol. The molecule has 2 aliphatic rings. The fraction of sp³-hybridized carbons (Fsp3) is 0.450. The van der Waals surface area contributed by atoms with Crippen LogP contribution in [0.2, 0.25) is 0 Å². The smallest absolute Gasteiger partial charge is 0.246 e. The monoisotopic (exact) mass is 352 g/mol. The van der Waals surface area contributed by atoms with Gasteiger partial charge in [-0.05, 0) is 23.6 Å². The summed E-state index contributed by atoms with van der Waals surface area (Å²) >= 11 is 0. The second kappa shape index (κ2) is 6.68. The van der Waals surface area contributed by atoms with Gasteiger partial charge in [-0.3, -0.25) is 19.5 Å². The van der Waals surface area contributed by atoms with Crippen LogP contribution >= 0.6 is 0 Å². The Bertz CT molecular complexity index is 845. The van der Waals surface area contributed by atoms with Crippen molar-refractivity contribution >= 4 is 22.7 Å². The molecule has 0 aliphatic carbocycles. The topological polar surface area (TPSA) is 65.5 Å². The van der Waals surface area contributed by atoms with Gasteiger partial charge in [0.1, 0.15) is 12.1 Å². The van der Waals surface area contributed by atoms with E-state index in [1.165, 1.54) is 5.56 Å². The molecule has 4 rings (SSSR count). The number of piperazine rings is 2. The van der Waals surface area contributed by atoms with Gasteiger partial charge in [0.2, 0.25) is 11.8 Å². The second-order valence-electron chi connectivity index (χ2n) is 7.50. The van der Waals surface area contributed by atoms with Gasteiger partial charge in [0.25, 0.3) is 0 Å². The van der Waals surface area contributed by atoms with Crippen LogP contribution in [0.15, 0.2) is 36.5 Å². The van der Waals surface area contributed by atoms with Gasteiger partial charge in [-0.25, -0.2) is 0 Å². The van der Waals surface area contributed by atoms with Gasteiger partial charge >= 0.3 is 0 Å². The minimum atomic E-state index is -0.394. The summed E-state index contributed by atoms with van der Waals surface area (Å²) in [5.74, 6) is 0.125. The molecule has 6 nitrogen and oxygen atoms in total. The van der Waals surface area contributed by atoms with E-state index in [1.54, 1.807) is 11.1 Å². The number of carbonyl (C=O) groups excluding carboxylic acids is 2. The van der Waals surface area contributed by atoms with Gasteiger partial charge in [0.15, 0.2) is 0 Å². The highest BCUT2D eigenvalue weighted by Gasteiger charge is 2.44. The number of fused-ring (bicyclic) bond motifs is 2. The summed E-state index contributed by atoms with van der Waals surface area (Å²) in [5.41, 5.74) is 2.18. The highest BCUT2D eigenvalue weighted by Crippen LogP contribution is 2.23. The van der Waals surface area contributed by atoms with Crippen molar-refractivity contribution in [1.82, 2.24) is 20.1 Å². The van der Waals surface area contributed by atoms with Crippen molar-refractivity contribution in [2.24, 2.45) is 5.92 Å². The first-order valence-corrected chi connectivity index (χ1v) is 9.20. The minimum Gasteiger partial charge on any atom is -0.342 e.